The van der Waals surface area contributed by atoms with E-state index < -0.39 is 11.4 Å². The van der Waals surface area contributed by atoms with Crippen molar-refractivity contribution in [3.05, 3.63) is 40.2 Å². The summed E-state index contributed by atoms with van der Waals surface area (Å²) in [6.45, 7) is 8.52. The van der Waals surface area contributed by atoms with E-state index in [2.05, 4.69) is 31.7 Å². The summed E-state index contributed by atoms with van der Waals surface area (Å²) in [5.41, 5.74) is 1.40. The average Bonchev–Trinajstić information content (AvgIpc) is 2.62. The molecule has 5 heteroatoms. The lowest BCUT2D eigenvalue weighted by Gasteiger charge is -2.32. The molecule has 2 aromatic rings. The molecule has 1 aliphatic heterocycles. The molecular formula is C21H28N2O3. The maximum atomic E-state index is 12.6. The van der Waals surface area contributed by atoms with E-state index in [1.54, 1.807) is 6.07 Å². The maximum absolute atomic E-state index is 12.6. The molecule has 1 aromatic carbocycles. The van der Waals surface area contributed by atoms with Crippen molar-refractivity contribution < 1.29 is 9.90 Å². The zero-order chi connectivity index (χ0) is 18.8. The molecule has 1 saturated heterocycles. The predicted molar refractivity (Wildman–Crippen MR) is 105 cm³/mol. The van der Waals surface area contributed by atoms with Crippen LogP contribution < -0.4 is 10.3 Å². The molecule has 2 heterocycles. The van der Waals surface area contributed by atoms with E-state index in [1.165, 1.54) is 19.0 Å². The number of fused-ring (bicyclic) bond motifs is 1. The summed E-state index contributed by atoms with van der Waals surface area (Å²) in [6, 6.07) is 5.95. The van der Waals surface area contributed by atoms with Crippen LogP contribution in [0.2, 0.25) is 0 Å². The van der Waals surface area contributed by atoms with Crippen molar-refractivity contribution >= 4 is 22.6 Å². The number of piperidine rings is 1. The Balaban J connectivity index is 2.14. The van der Waals surface area contributed by atoms with Crippen molar-refractivity contribution in [2.75, 3.05) is 18.0 Å². The van der Waals surface area contributed by atoms with Crippen molar-refractivity contribution in [2.45, 2.75) is 52.5 Å². The van der Waals surface area contributed by atoms with Gasteiger partial charge in [0.25, 0.3) is 0 Å². The second kappa shape index (κ2) is 7.52. The number of carbonyl (C=O) groups is 1. The molecule has 0 bridgehead atoms. The van der Waals surface area contributed by atoms with Crippen LogP contribution in [0.15, 0.2) is 29.2 Å². The second-order valence-corrected chi connectivity index (χ2v) is 7.59. The number of aromatic nitrogens is 1. The summed E-state index contributed by atoms with van der Waals surface area (Å²) in [6.07, 6.45) is 5.81. The molecule has 1 aromatic heterocycles. The first-order valence-electron chi connectivity index (χ1n) is 9.59. The van der Waals surface area contributed by atoms with Gasteiger partial charge in [0.1, 0.15) is 5.56 Å². The predicted octanol–water partition coefficient (Wildman–Crippen LogP) is 4.30. The van der Waals surface area contributed by atoms with Crippen molar-refractivity contribution in [2.24, 2.45) is 5.92 Å². The monoisotopic (exact) mass is 356 g/mol. The van der Waals surface area contributed by atoms with Gasteiger partial charge < -0.3 is 14.6 Å². The fourth-order valence-electron chi connectivity index (χ4n) is 3.88. The van der Waals surface area contributed by atoms with Gasteiger partial charge in [0, 0.05) is 36.4 Å². The summed E-state index contributed by atoms with van der Waals surface area (Å²) in [5.74, 6) is -0.406. The van der Waals surface area contributed by atoms with Crippen molar-refractivity contribution in [1.29, 1.82) is 0 Å². The number of anilines is 1. The van der Waals surface area contributed by atoms with Gasteiger partial charge in [-0.3, -0.25) is 4.79 Å². The van der Waals surface area contributed by atoms with Crippen molar-refractivity contribution in [1.82, 2.24) is 4.57 Å². The van der Waals surface area contributed by atoms with Crippen molar-refractivity contribution in [3.63, 3.8) is 0 Å². The van der Waals surface area contributed by atoms with Crippen LogP contribution in [-0.2, 0) is 0 Å². The molecule has 1 fully saturated rings. The molecule has 26 heavy (non-hydrogen) atoms. The van der Waals surface area contributed by atoms with E-state index >= 15 is 0 Å². The maximum Gasteiger partial charge on any atom is 0.341 e. The molecule has 1 N–H and O–H groups in total. The first-order valence-corrected chi connectivity index (χ1v) is 9.59. The van der Waals surface area contributed by atoms with Gasteiger partial charge in [0.15, 0.2) is 0 Å². The third-order valence-corrected chi connectivity index (χ3v) is 5.58. The molecule has 0 spiro atoms. The Kier molecular flexibility index (Phi) is 5.35. The van der Waals surface area contributed by atoms with Crippen LogP contribution in [0.1, 0.15) is 62.9 Å². The smallest absolute Gasteiger partial charge is 0.341 e. The van der Waals surface area contributed by atoms with Crippen LogP contribution in [-0.4, -0.2) is 28.7 Å². The molecule has 0 radical (unpaired) electrons. The van der Waals surface area contributed by atoms with Gasteiger partial charge in [0.05, 0.1) is 5.52 Å². The van der Waals surface area contributed by atoms with Gasteiger partial charge in [0.2, 0.25) is 5.43 Å². The number of nitrogens with zero attached hydrogens (tertiary/aromatic N) is 2. The van der Waals surface area contributed by atoms with E-state index in [0.29, 0.717) is 5.39 Å². The molecule has 0 amide bonds. The van der Waals surface area contributed by atoms with Crippen LogP contribution >= 0.6 is 0 Å². The first kappa shape index (κ1) is 18.5. The van der Waals surface area contributed by atoms with Gasteiger partial charge in [-0.1, -0.05) is 20.3 Å². The van der Waals surface area contributed by atoms with E-state index in [9.17, 15) is 14.7 Å². The number of hydrogen-bond acceptors (Lipinski definition) is 3. The van der Waals surface area contributed by atoms with E-state index in [1.807, 2.05) is 10.6 Å². The first-order chi connectivity index (χ1) is 12.4. The normalized spacial score (nSPS) is 16.8. The van der Waals surface area contributed by atoms with Gasteiger partial charge in [-0.05, 0) is 50.3 Å². The lowest BCUT2D eigenvalue weighted by atomic mass is 9.98. The molecule has 1 atom stereocenters. The zero-order valence-electron chi connectivity index (χ0n) is 15.9. The largest absolute Gasteiger partial charge is 0.477 e. The quantitative estimate of drug-likeness (QED) is 0.868. The fourth-order valence-corrected chi connectivity index (χ4v) is 3.88. The van der Waals surface area contributed by atoms with E-state index in [-0.39, 0.29) is 11.6 Å². The second-order valence-electron chi connectivity index (χ2n) is 7.59. The molecular weight excluding hydrogens is 328 g/mol. The zero-order valence-corrected chi connectivity index (χ0v) is 15.9. The summed E-state index contributed by atoms with van der Waals surface area (Å²) < 4.78 is 1.97. The number of carboxylic acid groups (broad SMARTS) is 1. The minimum absolute atomic E-state index is 0.137. The van der Waals surface area contributed by atoms with Crippen LogP contribution in [0.3, 0.4) is 0 Å². The van der Waals surface area contributed by atoms with Gasteiger partial charge in [-0.15, -0.1) is 0 Å². The lowest BCUT2D eigenvalue weighted by Crippen LogP contribution is -2.32. The van der Waals surface area contributed by atoms with Crippen LogP contribution in [0, 0.1) is 5.92 Å². The van der Waals surface area contributed by atoms with E-state index in [0.717, 1.165) is 43.1 Å². The highest BCUT2D eigenvalue weighted by molar-refractivity contribution is 5.93. The van der Waals surface area contributed by atoms with E-state index in [4.69, 9.17) is 0 Å². The topological polar surface area (TPSA) is 62.5 Å². The molecule has 1 aliphatic rings. The van der Waals surface area contributed by atoms with Crippen LogP contribution in [0.25, 0.3) is 10.9 Å². The molecule has 3 rings (SSSR count). The summed E-state index contributed by atoms with van der Waals surface area (Å²) in [7, 11) is 0. The Morgan fingerprint density at radius 1 is 1.31 bits per heavy atom. The minimum atomic E-state index is -1.16. The fraction of sp³-hybridized carbons (Fsp3) is 0.524. The minimum Gasteiger partial charge on any atom is -0.477 e. The number of rotatable bonds is 5. The van der Waals surface area contributed by atoms with Gasteiger partial charge in [-0.25, -0.2) is 4.79 Å². The highest BCUT2D eigenvalue weighted by Crippen LogP contribution is 2.28. The average molecular weight is 356 g/mol. The molecule has 140 valence electrons. The Labute approximate surface area is 154 Å². The van der Waals surface area contributed by atoms with Crippen LogP contribution in [0.4, 0.5) is 5.69 Å². The number of carboxylic acids is 1. The standard InChI is InChI=1S/C21H28N2O3/c1-4-5-15(3)23-13-18(21(25)26)20(24)17-7-6-16(12-19(17)23)22-10-8-14(2)9-11-22/h6-7,12-15H,4-5,8-11H2,1-3H3,(H,25,26). The number of benzene rings is 1. The van der Waals surface area contributed by atoms with Crippen molar-refractivity contribution in [3.8, 4) is 0 Å². The molecule has 5 nitrogen and oxygen atoms in total. The molecule has 0 aliphatic carbocycles. The number of hydrogen-bond donors (Lipinski definition) is 1. The summed E-state index contributed by atoms with van der Waals surface area (Å²) in [4.78, 5) is 26.5. The Hall–Kier alpha value is -2.30. The molecule has 1 unspecified atom stereocenters. The molecule has 0 saturated carbocycles. The third-order valence-electron chi connectivity index (χ3n) is 5.58. The van der Waals surface area contributed by atoms with Crippen LogP contribution in [0.5, 0.6) is 0 Å². The third kappa shape index (κ3) is 3.48. The Bertz CT molecular complexity index is 863. The Morgan fingerprint density at radius 2 is 2.00 bits per heavy atom. The highest BCUT2D eigenvalue weighted by atomic mass is 16.4. The lowest BCUT2D eigenvalue weighted by molar-refractivity contribution is 0.0694. The Morgan fingerprint density at radius 3 is 2.62 bits per heavy atom. The number of pyridine rings is 1. The highest BCUT2D eigenvalue weighted by Gasteiger charge is 2.20. The SMILES string of the molecule is CCCC(C)n1cc(C(=O)O)c(=O)c2ccc(N3CCC(C)CC3)cc21. The summed E-state index contributed by atoms with van der Waals surface area (Å²) >= 11 is 0. The summed E-state index contributed by atoms with van der Waals surface area (Å²) in [5, 5.41) is 9.91. The van der Waals surface area contributed by atoms with Gasteiger partial charge >= 0.3 is 5.97 Å². The number of aromatic carboxylic acids is 1. The van der Waals surface area contributed by atoms with Gasteiger partial charge in [-0.2, -0.15) is 0 Å².